The Morgan fingerprint density at radius 3 is 2.58 bits per heavy atom. The van der Waals surface area contributed by atoms with Crippen molar-refractivity contribution in [3.8, 4) is 11.5 Å². The summed E-state index contributed by atoms with van der Waals surface area (Å²) in [6.07, 6.45) is 2.82. The number of carbonyl (C=O) groups is 2. The third-order valence-corrected chi connectivity index (χ3v) is 5.28. The van der Waals surface area contributed by atoms with Crippen LogP contribution in [0.25, 0.3) is 0 Å². The van der Waals surface area contributed by atoms with Crippen molar-refractivity contribution in [2.45, 2.75) is 32.1 Å². The Kier molecular flexibility index (Phi) is 5.69. The molecule has 0 bridgehead atoms. The van der Waals surface area contributed by atoms with E-state index in [-0.39, 0.29) is 29.6 Å². The van der Waals surface area contributed by atoms with Crippen LogP contribution in [0, 0.1) is 11.8 Å². The molecular weight excluding hydrogens is 332 g/mol. The second-order valence-electron chi connectivity index (χ2n) is 7.13. The molecular formula is C20H28N2O4. The van der Waals surface area contributed by atoms with Gasteiger partial charge in [-0.2, -0.15) is 0 Å². The van der Waals surface area contributed by atoms with Gasteiger partial charge < -0.3 is 19.7 Å². The number of ether oxygens (including phenoxy) is 2. The average Bonchev–Trinajstić information content (AvgIpc) is 3.43. The highest BCUT2D eigenvalue weighted by atomic mass is 16.5. The average molecular weight is 360 g/mol. The summed E-state index contributed by atoms with van der Waals surface area (Å²) in [5.74, 6) is 1.42. The van der Waals surface area contributed by atoms with E-state index in [1.54, 1.807) is 14.2 Å². The Morgan fingerprint density at radius 1 is 1.19 bits per heavy atom. The van der Waals surface area contributed by atoms with Crippen LogP contribution in [0.15, 0.2) is 18.2 Å². The Morgan fingerprint density at radius 2 is 1.96 bits per heavy atom. The van der Waals surface area contributed by atoms with Crippen LogP contribution in [-0.4, -0.2) is 50.6 Å². The third-order valence-electron chi connectivity index (χ3n) is 5.28. The summed E-state index contributed by atoms with van der Waals surface area (Å²) < 4.78 is 10.9. The number of amides is 2. The minimum absolute atomic E-state index is 0.00724. The van der Waals surface area contributed by atoms with Crippen LogP contribution < -0.4 is 14.8 Å². The molecule has 1 aliphatic heterocycles. The van der Waals surface area contributed by atoms with Gasteiger partial charge in [-0.15, -0.1) is 0 Å². The van der Waals surface area contributed by atoms with Gasteiger partial charge in [0.1, 0.15) is 11.5 Å². The van der Waals surface area contributed by atoms with Crippen molar-refractivity contribution in [2.24, 2.45) is 11.8 Å². The van der Waals surface area contributed by atoms with Crippen molar-refractivity contribution in [3.05, 3.63) is 23.8 Å². The molecule has 0 spiro atoms. The molecule has 6 nitrogen and oxygen atoms in total. The molecule has 142 valence electrons. The maximum absolute atomic E-state index is 12.8. The van der Waals surface area contributed by atoms with E-state index in [9.17, 15) is 9.59 Å². The Labute approximate surface area is 154 Å². The second-order valence-corrected chi connectivity index (χ2v) is 7.13. The predicted molar refractivity (Wildman–Crippen MR) is 98.4 cm³/mol. The lowest BCUT2D eigenvalue weighted by Gasteiger charge is -2.21. The molecule has 1 aliphatic carbocycles. The van der Waals surface area contributed by atoms with Gasteiger partial charge in [0.25, 0.3) is 0 Å². The SMILES string of the molecule is CCCNC(=O)[C@@H]1CN(C(=O)C2CC2)C[C@H]1c1cc(OC)ccc1OC. The topological polar surface area (TPSA) is 67.9 Å². The quantitative estimate of drug-likeness (QED) is 0.809. The van der Waals surface area contributed by atoms with Crippen LogP contribution in [-0.2, 0) is 9.59 Å². The minimum atomic E-state index is -0.273. The Balaban J connectivity index is 1.90. The molecule has 2 aliphatic rings. The summed E-state index contributed by atoms with van der Waals surface area (Å²) in [6, 6.07) is 5.63. The van der Waals surface area contributed by atoms with Crippen LogP contribution in [0.5, 0.6) is 11.5 Å². The third kappa shape index (κ3) is 3.79. The van der Waals surface area contributed by atoms with Crippen molar-refractivity contribution in [1.29, 1.82) is 0 Å². The van der Waals surface area contributed by atoms with Gasteiger partial charge in [-0.25, -0.2) is 0 Å². The lowest BCUT2D eigenvalue weighted by molar-refractivity contribution is -0.132. The normalized spacial score (nSPS) is 22.2. The number of likely N-dealkylation sites (tertiary alicyclic amines) is 1. The maximum Gasteiger partial charge on any atom is 0.225 e. The van der Waals surface area contributed by atoms with E-state index < -0.39 is 0 Å². The van der Waals surface area contributed by atoms with E-state index in [1.807, 2.05) is 30.0 Å². The van der Waals surface area contributed by atoms with Gasteiger partial charge >= 0.3 is 0 Å². The van der Waals surface area contributed by atoms with Crippen LogP contribution in [0.2, 0.25) is 0 Å². The fourth-order valence-electron chi connectivity index (χ4n) is 3.66. The van der Waals surface area contributed by atoms with Gasteiger partial charge in [0, 0.05) is 37.0 Å². The van der Waals surface area contributed by atoms with Crippen molar-refractivity contribution in [2.75, 3.05) is 33.9 Å². The smallest absolute Gasteiger partial charge is 0.225 e. The largest absolute Gasteiger partial charge is 0.497 e. The molecule has 0 radical (unpaired) electrons. The maximum atomic E-state index is 12.8. The lowest BCUT2D eigenvalue weighted by atomic mass is 9.87. The molecule has 1 aromatic rings. The first kappa shape index (κ1) is 18.5. The molecule has 6 heteroatoms. The lowest BCUT2D eigenvalue weighted by Crippen LogP contribution is -2.36. The van der Waals surface area contributed by atoms with Crippen LogP contribution >= 0.6 is 0 Å². The van der Waals surface area contributed by atoms with Crippen LogP contribution in [0.3, 0.4) is 0 Å². The molecule has 1 saturated heterocycles. The highest BCUT2D eigenvalue weighted by Gasteiger charge is 2.44. The van der Waals surface area contributed by atoms with Crippen molar-refractivity contribution < 1.29 is 19.1 Å². The summed E-state index contributed by atoms with van der Waals surface area (Å²) in [5.41, 5.74) is 0.926. The zero-order valence-corrected chi connectivity index (χ0v) is 15.8. The fourth-order valence-corrected chi connectivity index (χ4v) is 3.66. The van der Waals surface area contributed by atoms with Crippen molar-refractivity contribution in [1.82, 2.24) is 10.2 Å². The van der Waals surface area contributed by atoms with Crippen LogP contribution in [0.4, 0.5) is 0 Å². The molecule has 3 rings (SSSR count). The van der Waals surface area contributed by atoms with E-state index in [0.29, 0.717) is 19.6 Å². The number of benzene rings is 1. The highest BCUT2D eigenvalue weighted by molar-refractivity contribution is 5.85. The number of nitrogens with zero attached hydrogens (tertiary/aromatic N) is 1. The van der Waals surface area contributed by atoms with E-state index >= 15 is 0 Å². The Bertz CT molecular complexity index is 672. The van der Waals surface area contributed by atoms with Crippen molar-refractivity contribution in [3.63, 3.8) is 0 Å². The second kappa shape index (κ2) is 7.98. The zero-order chi connectivity index (χ0) is 18.7. The molecule has 0 aromatic heterocycles. The molecule has 0 unspecified atom stereocenters. The van der Waals surface area contributed by atoms with Gasteiger partial charge in [0.15, 0.2) is 0 Å². The number of nitrogens with one attached hydrogen (secondary N) is 1. The van der Waals surface area contributed by atoms with Gasteiger partial charge in [0.2, 0.25) is 11.8 Å². The molecule has 1 N–H and O–H groups in total. The zero-order valence-electron chi connectivity index (χ0n) is 15.8. The number of hydrogen-bond donors (Lipinski definition) is 1. The van der Waals surface area contributed by atoms with E-state index in [4.69, 9.17) is 9.47 Å². The molecule has 2 fully saturated rings. The van der Waals surface area contributed by atoms with Gasteiger partial charge in [-0.05, 0) is 37.5 Å². The number of carbonyl (C=O) groups excluding carboxylic acids is 2. The first-order chi connectivity index (χ1) is 12.6. The summed E-state index contributed by atoms with van der Waals surface area (Å²) in [4.78, 5) is 27.2. The van der Waals surface area contributed by atoms with E-state index in [1.165, 1.54) is 0 Å². The van der Waals surface area contributed by atoms with Gasteiger partial charge in [-0.3, -0.25) is 9.59 Å². The minimum Gasteiger partial charge on any atom is -0.497 e. The van der Waals surface area contributed by atoms with E-state index in [2.05, 4.69) is 5.32 Å². The molecule has 1 saturated carbocycles. The predicted octanol–water partition coefficient (Wildman–Crippen LogP) is 2.18. The summed E-state index contributed by atoms with van der Waals surface area (Å²) in [6.45, 7) is 3.69. The molecule has 2 amide bonds. The highest BCUT2D eigenvalue weighted by Crippen LogP contribution is 2.41. The monoisotopic (exact) mass is 360 g/mol. The van der Waals surface area contributed by atoms with Crippen molar-refractivity contribution >= 4 is 11.8 Å². The standard InChI is InChI=1S/C20H28N2O4/c1-4-9-21-19(23)17-12-22(20(24)13-5-6-13)11-16(17)15-10-14(25-2)7-8-18(15)26-3/h7-8,10,13,16-17H,4-6,9,11-12H2,1-3H3,(H,21,23)/t16-,17+/m0/s1. The molecule has 2 atom stereocenters. The molecule has 1 aromatic carbocycles. The summed E-state index contributed by atoms with van der Waals surface area (Å²) in [5, 5.41) is 3.00. The number of methoxy groups -OCH3 is 2. The fraction of sp³-hybridized carbons (Fsp3) is 0.600. The van der Waals surface area contributed by atoms with Crippen LogP contribution in [0.1, 0.15) is 37.7 Å². The summed E-state index contributed by atoms with van der Waals surface area (Å²) in [7, 11) is 3.24. The Hall–Kier alpha value is -2.24. The molecule has 1 heterocycles. The number of hydrogen-bond acceptors (Lipinski definition) is 4. The first-order valence-corrected chi connectivity index (χ1v) is 9.37. The van der Waals surface area contributed by atoms with Gasteiger partial charge in [0.05, 0.1) is 20.1 Å². The first-order valence-electron chi connectivity index (χ1n) is 9.37. The summed E-state index contributed by atoms with van der Waals surface area (Å²) >= 11 is 0. The number of rotatable bonds is 7. The molecule has 26 heavy (non-hydrogen) atoms. The van der Waals surface area contributed by atoms with E-state index in [0.717, 1.165) is 36.3 Å². The van der Waals surface area contributed by atoms with Gasteiger partial charge in [-0.1, -0.05) is 6.92 Å².